The second kappa shape index (κ2) is 6.23. The topological polar surface area (TPSA) is 41.9 Å². The van der Waals surface area contributed by atoms with Gasteiger partial charge in [-0.25, -0.2) is 0 Å². The van der Waals surface area contributed by atoms with Gasteiger partial charge in [0.05, 0.1) is 6.20 Å². The Bertz CT molecular complexity index is 577. The number of anilines is 1. The maximum atomic E-state index is 5.91. The van der Waals surface area contributed by atoms with Crippen LogP contribution in [0.5, 0.6) is 0 Å². The molecule has 2 N–H and O–H groups in total. The molecule has 0 aliphatic heterocycles. The zero-order valence-corrected chi connectivity index (χ0v) is 12.5. The van der Waals surface area contributed by atoms with Crippen molar-refractivity contribution in [3.8, 4) is 0 Å². The summed E-state index contributed by atoms with van der Waals surface area (Å²) in [6, 6.07) is 5.18. The Labute approximate surface area is 126 Å². The van der Waals surface area contributed by atoms with Crippen molar-refractivity contribution < 1.29 is 0 Å². The smallest absolute Gasteiger partial charge is 0.171 e. The molecule has 0 aliphatic rings. The van der Waals surface area contributed by atoms with Crippen molar-refractivity contribution in [3.05, 3.63) is 46.2 Å². The lowest BCUT2D eigenvalue weighted by Gasteiger charge is -2.10. The Kier molecular flexibility index (Phi) is 4.63. The number of nitrogens with zero attached hydrogens (tertiary/aromatic N) is 2. The molecular weight excluding hydrogens is 303 g/mol. The molecule has 0 unspecified atom stereocenters. The van der Waals surface area contributed by atoms with Crippen LogP contribution in [0.25, 0.3) is 0 Å². The molecule has 0 amide bonds. The minimum absolute atomic E-state index is 0.502. The highest BCUT2D eigenvalue weighted by Gasteiger charge is 2.02. The highest BCUT2D eigenvalue weighted by atomic mass is 35.5. The fraction of sp³-hybridized carbons (Fsp3) is 0.167. The van der Waals surface area contributed by atoms with Gasteiger partial charge in [-0.1, -0.05) is 23.2 Å². The number of thiocarbonyl (C=S) groups is 1. The second-order valence-electron chi connectivity index (χ2n) is 3.99. The fourth-order valence-corrected chi connectivity index (χ4v) is 2.26. The molecule has 0 spiro atoms. The first-order valence-corrected chi connectivity index (χ1v) is 6.68. The molecule has 19 heavy (non-hydrogen) atoms. The summed E-state index contributed by atoms with van der Waals surface area (Å²) in [6.07, 6.45) is 3.71. The van der Waals surface area contributed by atoms with Crippen molar-refractivity contribution in [2.24, 2.45) is 7.05 Å². The molecule has 0 fully saturated rings. The van der Waals surface area contributed by atoms with Gasteiger partial charge < -0.3 is 10.6 Å². The van der Waals surface area contributed by atoms with Gasteiger partial charge in [-0.05, 0) is 30.4 Å². The molecule has 7 heteroatoms. The van der Waals surface area contributed by atoms with Crippen LogP contribution < -0.4 is 10.6 Å². The number of rotatable bonds is 3. The van der Waals surface area contributed by atoms with E-state index in [0.29, 0.717) is 21.7 Å². The molecule has 1 heterocycles. The quantitative estimate of drug-likeness (QED) is 0.854. The van der Waals surface area contributed by atoms with E-state index in [1.807, 2.05) is 13.2 Å². The average molecular weight is 315 g/mol. The van der Waals surface area contributed by atoms with Gasteiger partial charge >= 0.3 is 0 Å². The molecular formula is C12H12Cl2N4S. The Morgan fingerprint density at radius 1 is 1.32 bits per heavy atom. The second-order valence-corrected chi connectivity index (χ2v) is 5.27. The third kappa shape index (κ3) is 4.38. The first-order chi connectivity index (χ1) is 9.02. The third-order valence-corrected chi connectivity index (χ3v) is 3.01. The lowest BCUT2D eigenvalue weighted by molar-refractivity contribution is 0.766. The first kappa shape index (κ1) is 14.1. The molecule has 0 bridgehead atoms. The van der Waals surface area contributed by atoms with Crippen molar-refractivity contribution in [3.63, 3.8) is 0 Å². The van der Waals surface area contributed by atoms with Gasteiger partial charge in [0.2, 0.25) is 0 Å². The van der Waals surface area contributed by atoms with E-state index in [4.69, 9.17) is 35.4 Å². The number of aromatic nitrogens is 2. The minimum Gasteiger partial charge on any atom is -0.358 e. The summed E-state index contributed by atoms with van der Waals surface area (Å²) in [6.45, 7) is 0.605. The van der Waals surface area contributed by atoms with E-state index in [1.54, 1.807) is 29.1 Å². The summed E-state index contributed by atoms with van der Waals surface area (Å²) in [5.41, 5.74) is 1.80. The summed E-state index contributed by atoms with van der Waals surface area (Å²) in [5, 5.41) is 11.8. The molecule has 4 nitrogen and oxygen atoms in total. The lowest BCUT2D eigenvalue weighted by Crippen LogP contribution is -2.27. The van der Waals surface area contributed by atoms with E-state index in [9.17, 15) is 0 Å². The SMILES string of the molecule is Cn1cc(CNC(=S)Nc2cc(Cl)cc(Cl)c2)cn1. The number of nitrogens with one attached hydrogen (secondary N) is 2. The molecule has 1 aromatic carbocycles. The van der Waals surface area contributed by atoms with Crippen LogP contribution in [-0.2, 0) is 13.6 Å². The van der Waals surface area contributed by atoms with Crippen LogP contribution in [0.1, 0.15) is 5.56 Å². The molecule has 2 aromatic rings. The summed E-state index contributed by atoms with van der Waals surface area (Å²) >= 11 is 17.0. The zero-order valence-electron chi connectivity index (χ0n) is 10.2. The van der Waals surface area contributed by atoms with E-state index in [2.05, 4.69) is 15.7 Å². The average Bonchev–Trinajstić information content (AvgIpc) is 2.71. The van der Waals surface area contributed by atoms with Gasteiger partial charge in [0, 0.05) is 41.1 Å². The van der Waals surface area contributed by atoms with Crippen LogP contribution in [0, 0.1) is 0 Å². The highest BCUT2D eigenvalue weighted by molar-refractivity contribution is 7.80. The molecule has 1 aromatic heterocycles. The Balaban J connectivity index is 1.90. The van der Waals surface area contributed by atoms with E-state index >= 15 is 0 Å². The Morgan fingerprint density at radius 3 is 2.58 bits per heavy atom. The highest BCUT2D eigenvalue weighted by Crippen LogP contribution is 2.22. The van der Waals surface area contributed by atoms with Gasteiger partial charge in [0.1, 0.15) is 0 Å². The van der Waals surface area contributed by atoms with Crippen LogP contribution in [0.2, 0.25) is 10.0 Å². The van der Waals surface area contributed by atoms with Gasteiger partial charge in [-0.3, -0.25) is 4.68 Å². The van der Waals surface area contributed by atoms with Crippen molar-refractivity contribution in [2.75, 3.05) is 5.32 Å². The molecule has 0 saturated heterocycles. The van der Waals surface area contributed by atoms with Crippen LogP contribution in [0.15, 0.2) is 30.6 Å². The van der Waals surface area contributed by atoms with Crippen LogP contribution in [0.3, 0.4) is 0 Å². The standard InChI is InChI=1S/C12H12Cl2N4S/c1-18-7-8(6-16-18)5-15-12(19)17-11-3-9(13)2-10(14)4-11/h2-4,6-7H,5H2,1H3,(H2,15,17,19). The Hall–Kier alpha value is -1.30. The number of hydrogen-bond donors (Lipinski definition) is 2. The molecule has 0 atom stereocenters. The van der Waals surface area contributed by atoms with Gasteiger partial charge in [-0.2, -0.15) is 5.10 Å². The lowest BCUT2D eigenvalue weighted by atomic mass is 10.3. The predicted molar refractivity (Wildman–Crippen MR) is 82.7 cm³/mol. The number of hydrogen-bond acceptors (Lipinski definition) is 2. The number of halogens is 2. The van der Waals surface area contributed by atoms with E-state index in [0.717, 1.165) is 11.3 Å². The minimum atomic E-state index is 0.502. The van der Waals surface area contributed by atoms with Gasteiger partial charge in [0.15, 0.2) is 5.11 Å². The van der Waals surface area contributed by atoms with Crippen molar-refractivity contribution in [1.29, 1.82) is 0 Å². The zero-order chi connectivity index (χ0) is 13.8. The third-order valence-electron chi connectivity index (χ3n) is 2.33. The largest absolute Gasteiger partial charge is 0.358 e. The maximum absolute atomic E-state index is 5.91. The first-order valence-electron chi connectivity index (χ1n) is 5.51. The summed E-state index contributed by atoms with van der Waals surface area (Å²) in [4.78, 5) is 0. The molecule has 0 saturated carbocycles. The Morgan fingerprint density at radius 2 is 2.00 bits per heavy atom. The van der Waals surface area contributed by atoms with Crippen LogP contribution >= 0.6 is 35.4 Å². The summed E-state index contributed by atoms with van der Waals surface area (Å²) < 4.78 is 1.74. The molecule has 0 aliphatic carbocycles. The number of benzene rings is 1. The number of aryl methyl sites for hydroxylation is 1. The van der Waals surface area contributed by atoms with Crippen molar-refractivity contribution >= 4 is 46.2 Å². The van der Waals surface area contributed by atoms with Crippen LogP contribution in [0.4, 0.5) is 5.69 Å². The van der Waals surface area contributed by atoms with Crippen molar-refractivity contribution in [2.45, 2.75) is 6.54 Å². The molecule has 0 radical (unpaired) electrons. The maximum Gasteiger partial charge on any atom is 0.171 e. The van der Waals surface area contributed by atoms with Gasteiger partial charge in [-0.15, -0.1) is 0 Å². The van der Waals surface area contributed by atoms with Crippen LogP contribution in [-0.4, -0.2) is 14.9 Å². The van der Waals surface area contributed by atoms with Gasteiger partial charge in [0.25, 0.3) is 0 Å². The summed E-state index contributed by atoms with van der Waals surface area (Å²) in [5.74, 6) is 0. The van der Waals surface area contributed by atoms with E-state index in [1.165, 1.54) is 0 Å². The summed E-state index contributed by atoms with van der Waals surface area (Å²) in [7, 11) is 1.87. The fourth-order valence-electron chi connectivity index (χ4n) is 1.55. The monoisotopic (exact) mass is 314 g/mol. The van der Waals surface area contributed by atoms with E-state index in [-0.39, 0.29) is 0 Å². The predicted octanol–water partition coefficient (Wildman–Crippen LogP) is 3.21. The molecule has 2 rings (SSSR count). The van der Waals surface area contributed by atoms with Crippen molar-refractivity contribution in [1.82, 2.24) is 15.1 Å². The van der Waals surface area contributed by atoms with E-state index < -0.39 is 0 Å². The normalized spacial score (nSPS) is 10.3. The molecule has 100 valence electrons.